The Morgan fingerprint density at radius 3 is 2.73 bits per heavy atom. The fourth-order valence-electron chi connectivity index (χ4n) is 0.830. The highest BCUT2D eigenvalue weighted by Gasteiger charge is 1.98. The topological polar surface area (TPSA) is 9.23 Å². The molecule has 0 spiro atoms. The van der Waals surface area contributed by atoms with E-state index in [1.54, 1.807) is 6.07 Å². The molecule has 1 rings (SSSR count). The van der Waals surface area contributed by atoms with Crippen LogP contribution in [-0.4, -0.2) is 7.11 Å². The highest BCUT2D eigenvalue weighted by molar-refractivity contribution is 7.79. The van der Waals surface area contributed by atoms with Crippen LogP contribution in [-0.2, 0) is 5.75 Å². The number of hydrogen-bond donors (Lipinski definition) is 1. The molecular formula is C8H9FOS. The first-order valence-corrected chi connectivity index (χ1v) is 3.84. The normalized spacial score (nSPS) is 9.73. The fourth-order valence-corrected chi connectivity index (χ4v) is 1.01. The maximum atomic E-state index is 12.7. The van der Waals surface area contributed by atoms with Crippen molar-refractivity contribution >= 4 is 12.6 Å². The van der Waals surface area contributed by atoms with E-state index in [2.05, 4.69) is 12.6 Å². The summed E-state index contributed by atoms with van der Waals surface area (Å²) in [6, 6.07) is 4.54. The standard InChI is InChI=1S/C8H9FOS/c1-10-8-3-6(5-11)2-7(9)4-8/h2-4,11H,5H2,1H3. The number of hydrogen-bond acceptors (Lipinski definition) is 2. The maximum Gasteiger partial charge on any atom is 0.127 e. The Hall–Kier alpha value is -0.700. The van der Waals surface area contributed by atoms with Gasteiger partial charge >= 0.3 is 0 Å². The van der Waals surface area contributed by atoms with Gasteiger partial charge in [-0.25, -0.2) is 4.39 Å². The first-order chi connectivity index (χ1) is 5.26. The van der Waals surface area contributed by atoms with Gasteiger partial charge in [-0.3, -0.25) is 0 Å². The molecule has 0 fully saturated rings. The second-order valence-electron chi connectivity index (χ2n) is 2.16. The Kier molecular flexibility index (Phi) is 2.76. The van der Waals surface area contributed by atoms with Crippen LogP contribution in [0.1, 0.15) is 5.56 Å². The van der Waals surface area contributed by atoms with Crippen LogP contribution in [0.25, 0.3) is 0 Å². The van der Waals surface area contributed by atoms with Gasteiger partial charge in [0, 0.05) is 11.8 Å². The van der Waals surface area contributed by atoms with Crippen molar-refractivity contribution < 1.29 is 9.13 Å². The molecule has 60 valence electrons. The lowest BCUT2D eigenvalue weighted by molar-refractivity contribution is 0.411. The van der Waals surface area contributed by atoms with E-state index in [9.17, 15) is 4.39 Å². The minimum absolute atomic E-state index is 0.284. The molecule has 0 radical (unpaired) electrons. The van der Waals surface area contributed by atoms with Crippen LogP contribution in [0.4, 0.5) is 4.39 Å². The van der Waals surface area contributed by atoms with Gasteiger partial charge in [-0.1, -0.05) is 0 Å². The lowest BCUT2D eigenvalue weighted by atomic mass is 10.2. The van der Waals surface area contributed by atoms with Gasteiger partial charge in [0.05, 0.1) is 7.11 Å². The van der Waals surface area contributed by atoms with E-state index in [0.29, 0.717) is 11.5 Å². The van der Waals surface area contributed by atoms with E-state index in [-0.39, 0.29) is 5.82 Å². The summed E-state index contributed by atoms with van der Waals surface area (Å²) in [7, 11) is 1.51. The first kappa shape index (κ1) is 8.40. The molecule has 0 N–H and O–H groups in total. The van der Waals surface area contributed by atoms with Crippen LogP contribution in [0.5, 0.6) is 5.75 Å². The monoisotopic (exact) mass is 172 g/mol. The third-order valence-electron chi connectivity index (χ3n) is 1.35. The lowest BCUT2D eigenvalue weighted by Gasteiger charge is -2.01. The highest BCUT2D eigenvalue weighted by atomic mass is 32.1. The minimum atomic E-state index is -0.284. The van der Waals surface area contributed by atoms with Crippen molar-refractivity contribution in [3.05, 3.63) is 29.6 Å². The van der Waals surface area contributed by atoms with E-state index >= 15 is 0 Å². The van der Waals surface area contributed by atoms with Crippen molar-refractivity contribution in [3.63, 3.8) is 0 Å². The van der Waals surface area contributed by atoms with E-state index in [4.69, 9.17) is 4.74 Å². The molecule has 0 amide bonds. The Morgan fingerprint density at radius 2 is 2.18 bits per heavy atom. The average molecular weight is 172 g/mol. The van der Waals surface area contributed by atoms with Crippen LogP contribution < -0.4 is 4.74 Å². The lowest BCUT2D eigenvalue weighted by Crippen LogP contribution is -1.87. The van der Waals surface area contributed by atoms with Gasteiger partial charge in [0.2, 0.25) is 0 Å². The van der Waals surface area contributed by atoms with Gasteiger partial charge in [0.15, 0.2) is 0 Å². The Balaban J connectivity index is 3.02. The summed E-state index contributed by atoms with van der Waals surface area (Å²) in [5.74, 6) is 0.774. The summed E-state index contributed by atoms with van der Waals surface area (Å²) in [6.45, 7) is 0. The number of halogens is 1. The number of ether oxygens (including phenoxy) is 1. The summed E-state index contributed by atoms with van der Waals surface area (Å²) in [6.07, 6.45) is 0. The van der Waals surface area contributed by atoms with Gasteiger partial charge < -0.3 is 4.74 Å². The van der Waals surface area contributed by atoms with Crippen LogP contribution in [0.2, 0.25) is 0 Å². The molecule has 0 aliphatic heterocycles. The molecule has 0 saturated carbocycles. The molecule has 11 heavy (non-hydrogen) atoms. The molecule has 0 atom stereocenters. The Labute approximate surface area is 70.6 Å². The predicted octanol–water partition coefficient (Wildman–Crippen LogP) is 2.26. The van der Waals surface area contributed by atoms with Crippen LogP contribution in [0, 0.1) is 5.82 Å². The van der Waals surface area contributed by atoms with Gasteiger partial charge in [0.25, 0.3) is 0 Å². The quantitative estimate of drug-likeness (QED) is 0.673. The third-order valence-corrected chi connectivity index (χ3v) is 1.71. The molecule has 0 aliphatic carbocycles. The van der Waals surface area contributed by atoms with E-state index in [1.807, 2.05) is 0 Å². The third kappa shape index (κ3) is 2.12. The van der Waals surface area contributed by atoms with Crippen molar-refractivity contribution in [1.29, 1.82) is 0 Å². The first-order valence-electron chi connectivity index (χ1n) is 3.20. The largest absolute Gasteiger partial charge is 0.497 e. The van der Waals surface area contributed by atoms with Crippen molar-refractivity contribution in [3.8, 4) is 5.75 Å². The molecule has 0 bridgehead atoms. The molecule has 1 aromatic rings. The fraction of sp³-hybridized carbons (Fsp3) is 0.250. The zero-order valence-electron chi connectivity index (χ0n) is 6.17. The SMILES string of the molecule is COc1cc(F)cc(CS)c1. The zero-order valence-corrected chi connectivity index (χ0v) is 7.07. The number of thiol groups is 1. The predicted molar refractivity (Wildman–Crippen MR) is 45.6 cm³/mol. The van der Waals surface area contributed by atoms with Crippen LogP contribution in [0.3, 0.4) is 0 Å². The minimum Gasteiger partial charge on any atom is -0.497 e. The Bertz CT molecular complexity index is 228. The number of rotatable bonds is 2. The summed E-state index contributed by atoms with van der Waals surface area (Å²) < 4.78 is 17.6. The Morgan fingerprint density at radius 1 is 1.45 bits per heavy atom. The van der Waals surface area contributed by atoms with Gasteiger partial charge in [0.1, 0.15) is 11.6 Å². The molecule has 0 aromatic heterocycles. The zero-order chi connectivity index (χ0) is 8.27. The van der Waals surface area contributed by atoms with Gasteiger partial charge in [-0.15, -0.1) is 0 Å². The van der Waals surface area contributed by atoms with Crippen molar-refractivity contribution in [2.45, 2.75) is 5.75 Å². The van der Waals surface area contributed by atoms with Crippen molar-refractivity contribution in [2.75, 3.05) is 7.11 Å². The molecule has 0 unspecified atom stereocenters. The van der Waals surface area contributed by atoms with E-state index in [0.717, 1.165) is 5.56 Å². The van der Waals surface area contributed by atoms with Crippen molar-refractivity contribution in [1.82, 2.24) is 0 Å². The summed E-state index contributed by atoms with van der Waals surface area (Å²) in [5, 5.41) is 0. The second kappa shape index (κ2) is 3.62. The maximum absolute atomic E-state index is 12.7. The highest BCUT2D eigenvalue weighted by Crippen LogP contribution is 2.16. The molecule has 0 saturated heterocycles. The molecule has 0 heterocycles. The number of benzene rings is 1. The summed E-state index contributed by atoms with van der Waals surface area (Å²) >= 11 is 4.02. The molecular weight excluding hydrogens is 163 g/mol. The molecule has 1 aromatic carbocycles. The van der Waals surface area contributed by atoms with Gasteiger partial charge in [-0.2, -0.15) is 12.6 Å². The summed E-state index contributed by atoms with van der Waals surface area (Å²) in [5.41, 5.74) is 0.824. The van der Waals surface area contributed by atoms with Crippen LogP contribution in [0.15, 0.2) is 18.2 Å². The molecule has 3 heteroatoms. The molecule has 1 nitrogen and oxygen atoms in total. The second-order valence-corrected chi connectivity index (χ2v) is 2.47. The van der Waals surface area contributed by atoms with Gasteiger partial charge in [-0.05, 0) is 17.7 Å². The van der Waals surface area contributed by atoms with Crippen molar-refractivity contribution in [2.24, 2.45) is 0 Å². The summed E-state index contributed by atoms with van der Waals surface area (Å²) in [4.78, 5) is 0. The van der Waals surface area contributed by atoms with E-state index in [1.165, 1.54) is 19.2 Å². The van der Waals surface area contributed by atoms with Crippen LogP contribution >= 0.6 is 12.6 Å². The number of methoxy groups -OCH3 is 1. The molecule has 0 aliphatic rings. The van der Waals surface area contributed by atoms with E-state index < -0.39 is 0 Å². The average Bonchev–Trinajstić information content (AvgIpc) is 2.03. The smallest absolute Gasteiger partial charge is 0.127 e.